The van der Waals surface area contributed by atoms with Crippen LogP contribution in [0.25, 0.3) is 0 Å². The first-order chi connectivity index (χ1) is 12.2. The number of nitrogens with two attached hydrogens (primary N) is 1. The highest BCUT2D eigenvalue weighted by atomic mass is 16.6. The molecule has 1 unspecified atom stereocenters. The number of ether oxygens (including phenoxy) is 1. The minimum Gasteiger partial charge on any atom is -0.444 e. The van der Waals surface area contributed by atoms with Crippen LogP contribution in [0.15, 0.2) is 48.5 Å². The maximum Gasteiger partial charge on any atom is 0.405 e. The molecule has 1 aromatic carbocycles. The maximum atomic E-state index is 10.0. The lowest BCUT2D eigenvalue weighted by Crippen LogP contribution is -2.27. The molecule has 0 radical (unpaired) electrons. The molecule has 0 saturated heterocycles. The smallest absolute Gasteiger partial charge is 0.405 e. The molecule has 1 amide bonds. The SMILES string of the molecule is CC(C)(C)OC(N)=O.CC(CCc1ccccc1)c1cccc(CO)n1. The lowest BCUT2D eigenvalue weighted by molar-refractivity contribution is 0.0600. The number of benzene rings is 1. The Morgan fingerprint density at radius 2 is 1.81 bits per heavy atom. The van der Waals surface area contributed by atoms with Crippen LogP contribution < -0.4 is 5.73 Å². The summed E-state index contributed by atoms with van der Waals surface area (Å²) in [5, 5.41) is 9.09. The van der Waals surface area contributed by atoms with Crippen molar-refractivity contribution in [2.45, 2.75) is 58.7 Å². The zero-order valence-electron chi connectivity index (χ0n) is 16.1. The molecule has 1 heterocycles. The number of rotatable bonds is 5. The molecule has 0 spiro atoms. The summed E-state index contributed by atoms with van der Waals surface area (Å²) in [5.41, 5.74) is 7.44. The molecule has 0 fully saturated rings. The van der Waals surface area contributed by atoms with Crippen LogP contribution in [0.2, 0.25) is 0 Å². The van der Waals surface area contributed by atoms with Crippen molar-refractivity contribution in [2.75, 3.05) is 0 Å². The topological polar surface area (TPSA) is 85.4 Å². The first-order valence-corrected chi connectivity index (χ1v) is 8.80. The van der Waals surface area contributed by atoms with Gasteiger partial charge in [-0.15, -0.1) is 0 Å². The Morgan fingerprint density at radius 1 is 1.15 bits per heavy atom. The van der Waals surface area contributed by atoms with Gasteiger partial charge in [-0.05, 0) is 57.2 Å². The molecule has 0 aliphatic rings. The molecule has 0 bridgehead atoms. The lowest BCUT2D eigenvalue weighted by atomic mass is 9.97. The monoisotopic (exact) mass is 358 g/mol. The number of aliphatic hydroxyl groups excluding tert-OH is 1. The van der Waals surface area contributed by atoms with Gasteiger partial charge in [-0.3, -0.25) is 4.98 Å². The fourth-order valence-electron chi connectivity index (χ4n) is 2.34. The number of aryl methyl sites for hydroxylation is 1. The molecule has 142 valence electrons. The van der Waals surface area contributed by atoms with E-state index >= 15 is 0 Å². The molecule has 5 nitrogen and oxygen atoms in total. The second kappa shape index (κ2) is 10.6. The molecule has 0 aliphatic carbocycles. The van der Waals surface area contributed by atoms with E-state index in [1.807, 2.05) is 24.3 Å². The number of aromatic nitrogens is 1. The Labute approximate surface area is 156 Å². The van der Waals surface area contributed by atoms with Gasteiger partial charge < -0.3 is 15.6 Å². The number of hydrogen-bond donors (Lipinski definition) is 2. The number of nitrogens with zero attached hydrogens (tertiary/aromatic N) is 1. The number of hydrogen-bond acceptors (Lipinski definition) is 4. The Balaban J connectivity index is 0.000000359. The molecular weight excluding hydrogens is 328 g/mol. The molecule has 2 aromatic rings. The van der Waals surface area contributed by atoms with E-state index in [9.17, 15) is 4.79 Å². The fraction of sp³-hybridized carbons (Fsp3) is 0.429. The van der Waals surface area contributed by atoms with Crippen molar-refractivity contribution in [3.63, 3.8) is 0 Å². The minimum absolute atomic E-state index is 0.0131. The summed E-state index contributed by atoms with van der Waals surface area (Å²) in [4.78, 5) is 14.5. The van der Waals surface area contributed by atoms with E-state index in [1.165, 1.54) is 5.56 Å². The van der Waals surface area contributed by atoms with Gasteiger partial charge in [0.25, 0.3) is 0 Å². The second-order valence-corrected chi connectivity index (χ2v) is 7.17. The van der Waals surface area contributed by atoms with Crippen molar-refractivity contribution in [3.05, 3.63) is 65.5 Å². The Hall–Kier alpha value is -2.40. The Kier molecular flexibility index (Phi) is 8.79. The molecular formula is C21H30N2O3. The third-order valence-electron chi connectivity index (χ3n) is 3.61. The normalized spacial score (nSPS) is 11.9. The van der Waals surface area contributed by atoms with Gasteiger partial charge in [0.2, 0.25) is 0 Å². The van der Waals surface area contributed by atoms with Gasteiger partial charge in [-0.1, -0.05) is 43.3 Å². The van der Waals surface area contributed by atoms with Gasteiger partial charge >= 0.3 is 6.09 Å². The third-order valence-corrected chi connectivity index (χ3v) is 3.61. The van der Waals surface area contributed by atoms with Crippen LogP contribution in [-0.4, -0.2) is 21.8 Å². The van der Waals surface area contributed by atoms with E-state index in [4.69, 9.17) is 10.8 Å². The van der Waals surface area contributed by atoms with Crippen molar-refractivity contribution < 1.29 is 14.6 Å². The molecule has 2 rings (SSSR count). The summed E-state index contributed by atoms with van der Waals surface area (Å²) in [5.74, 6) is 0.414. The summed E-state index contributed by atoms with van der Waals surface area (Å²) < 4.78 is 4.58. The van der Waals surface area contributed by atoms with Crippen LogP contribution in [-0.2, 0) is 17.8 Å². The first kappa shape index (κ1) is 21.6. The largest absolute Gasteiger partial charge is 0.444 e. The quantitative estimate of drug-likeness (QED) is 0.839. The highest BCUT2D eigenvalue weighted by molar-refractivity contribution is 5.65. The zero-order chi connectivity index (χ0) is 19.6. The van der Waals surface area contributed by atoms with Gasteiger partial charge in [0, 0.05) is 5.69 Å². The van der Waals surface area contributed by atoms with Gasteiger partial charge in [0.05, 0.1) is 12.3 Å². The molecule has 26 heavy (non-hydrogen) atoms. The van der Waals surface area contributed by atoms with Crippen molar-refractivity contribution in [3.8, 4) is 0 Å². The highest BCUT2D eigenvalue weighted by Gasteiger charge is 2.12. The van der Waals surface area contributed by atoms with Gasteiger partial charge in [-0.2, -0.15) is 0 Å². The minimum atomic E-state index is -0.725. The van der Waals surface area contributed by atoms with Crippen LogP contribution in [0.4, 0.5) is 4.79 Å². The lowest BCUT2D eigenvalue weighted by Gasteiger charge is -2.16. The maximum absolute atomic E-state index is 10.0. The van der Waals surface area contributed by atoms with Crippen molar-refractivity contribution in [1.29, 1.82) is 0 Å². The number of pyridine rings is 1. The number of primary amides is 1. The number of amides is 1. The van der Waals surface area contributed by atoms with E-state index in [-0.39, 0.29) is 6.61 Å². The fourth-order valence-corrected chi connectivity index (χ4v) is 2.34. The predicted octanol–water partition coefficient (Wildman–Crippen LogP) is 4.19. The van der Waals surface area contributed by atoms with E-state index in [0.717, 1.165) is 24.2 Å². The molecule has 3 N–H and O–H groups in total. The summed E-state index contributed by atoms with van der Waals surface area (Å²) >= 11 is 0. The number of carbonyl (C=O) groups excluding carboxylic acids is 1. The molecule has 0 aliphatic heterocycles. The summed E-state index contributed by atoms with van der Waals surface area (Å²) in [6, 6.07) is 16.4. The Bertz CT molecular complexity index is 666. The second-order valence-electron chi connectivity index (χ2n) is 7.17. The molecule has 5 heteroatoms. The van der Waals surface area contributed by atoms with Crippen LogP contribution in [0.5, 0.6) is 0 Å². The van der Waals surface area contributed by atoms with Crippen LogP contribution in [0.3, 0.4) is 0 Å². The average molecular weight is 358 g/mol. The Morgan fingerprint density at radius 3 is 2.31 bits per heavy atom. The van der Waals surface area contributed by atoms with Crippen LogP contribution in [0.1, 0.15) is 57.0 Å². The van der Waals surface area contributed by atoms with Crippen molar-refractivity contribution in [2.24, 2.45) is 5.73 Å². The standard InChI is InChI=1S/C16H19NO.C5H11NO2/c1-13(10-11-14-6-3-2-4-7-14)16-9-5-8-15(12-18)17-16;1-5(2,3)8-4(6)7/h2-9,13,18H,10-12H2,1H3;1-3H3,(H2,6,7). The predicted molar refractivity (Wildman–Crippen MR) is 104 cm³/mol. The zero-order valence-corrected chi connectivity index (χ0v) is 16.1. The third kappa shape index (κ3) is 9.18. The van der Waals surface area contributed by atoms with Gasteiger partial charge in [-0.25, -0.2) is 4.79 Å². The number of carbonyl (C=O) groups is 1. The van der Waals surface area contributed by atoms with Crippen molar-refractivity contribution >= 4 is 6.09 Å². The van der Waals surface area contributed by atoms with E-state index in [2.05, 4.69) is 40.9 Å². The van der Waals surface area contributed by atoms with Gasteiger partial charge in [0.1, 0.15) is 5.60 Å². The molecule has 1 atom stereocenters. The van der Waals surface area contributed by atoms with Gasteiger partial charge in [0.15, 0.2) is 0 Å². The van der Waals surface area contributed by atoms with E-state index in [1.54, 1.807) is 20.8 Å². The van der Waals surface area contributed by atoms with E-state index < -0.39 is 11.7 Å². The van der Waals surface area contributed by atoms with E-state index in [0.29, 0.717) is 5.92 Å². The molecule has 0 saturated carbocycles. The summed E-state index contributed by atoms with van der Waals surface area (Å²) in [6.45, 7) is 7.49. The highest BCUT2D eigenvalue weighted by Crippen LogP contribution is 2.19. The summed E-state index contributed by atoms with van der Waals surface area (Å²) in [7, 11) is 0. The summed E-state index contributed by atoms with van der Waals surface area (Å²) in [6.07, 6.45) is 1.41. The van der Waals surface area contributed by atoms with Crippen LogP contribution in [0, 0.1) is 0 Å². The number of aliphatic hydroxyl groups is 1. The van der Waals surface area contributed by atoms with Crippen LogP contribution >= 0.6 is 0 Å². The first-order valence-electron chi connectivity index (χ1n) is 8.80. The average Bonchev–Trinajstić information content (AvgIpc) is 2.59. The molecule has 1 aromatic heterocycles. The van der Waals surface area contributed by atoms with Crippen molar-refractivity contribution in [1.82, 2.24) is 4.98 Å².